The topological polar surface area (TPSA) is 38.0 Å². The lowest BCUT2D eigenvalue weighted by Crippen LogP contribution is -2.04. The standard InChI is InChI=1S/C12H20N2/c1-10(2)7-8-14-12-5-3-11(9-13)4-6-12/h3-6,10,14H,7-9,13H2,1-2H3. The third-order valence-corrected chi connectivity index (χ3v) is 2.24. The van der Waals surface area contributed by atoms with Gasteiger partial charge in [0.2, 0.25) is 0 Å². The molecule has 0 saturated heterocycles. The van der Waals surface area contributed by atoms with Crippen LogP contribution in [0.3, 0.4) is 0 Å². The first kappa shape index (κ1) is 11.1. The van der Waals surface area contributed by atoms with Crippen molar-refractivity contribution in [3.8, 4) is 0 Å². The zero-order valence-corrected chi connectivity index (χ0v) is 9.09. The van der Waals surface area contributed by atoms with Gasteiger partial charge in [0, 0.05) is 18.8 Å². The lowest BCUT2D eigenvalue weighted by atomic mass is 10.1. The number of rotatable bonds is 5. The fraction of sp³-hybridized carbons (Fsp3) is 0.500. The molecule has 0 radical (unpaired) electrons. The van der Waals surface area contributed by atoms with Crippen LogP contribution in [0, 0.1) is 5.92 Å². The molecule has 0 saturated carbocycles. The van der Waals surface area contributed by atoms with Crippen LogP contribution in [0.5, 0.6) is 0 Å². The first-order valence-electron chi connectivity index (χ1n) is 5.25. The van der Waals surface area contributed by atoms with Gasteiger partial charge in [0.15, 0.2) is 0 Å². The van der Waals surface area contributed by atoms with Crippen LogP contribution in [-0.2, 0) is 6.54 Å². The van der Waals surface area contributed by atoms with Crippen molar-refractivity contribution in [2.45, 2.75) is 26.8 Å². The lowest BCUT2D eigenvalue weighted by molar-refractivity contribution is 0.607. The Morgan fingerprint density at radius 1 is 1.21 bits per heavy atom. The van der Waals surface area contributed by atoms with Gasteiger partial charge in [-0.05, 0) is 30.0 Å². The average molecular weight is 192 g/mol. The highest BCUT2D eigenvalue weighted by Crippen LogP contribution is 2.09. The van der Waals surface area contributed by atoms with Gasteiger partial charge in [0.1, 0.15) is 0 Å². The Morgan fingerprint density at radius 2 is 1.86 bits per heavy atom. The molecule has 0 fully saturated rings. The molecule has 14 heavy (non-hydrogen) atoms. The van der Waals surface area contributed by atoms with Crippen molar-refractivity contribution < 1.29 is 0 Å². The Kier molecular flexibility index (Phi) is 4.47. The van der Waals surface area contributed by atoms with E-state index in [1.54, 1.807) is 0 Å². The molecule has 0 aliphatic heterocycles. The van der Waals surface area contributed by atoms with Crippen LogP contribution in [0.25, 0.3) is 0 Å². The van der Waals surface area contributed by atoms with Crippen molar-refractivity contribution in [1.29, 1.82) is 0 Å². The predicted molar refractivity (Wildman–Crippen MR) is 62.3 cm³/mol. The zero-order valence-electron chi connectivity index (χ0n) is 9.09. The lowest BCUT2D eigenvalue weighted by Gasteiger charge is -2.08. The summed E-state index contributed by atoms with van der Waals surface area (Å²) in [6, 6.07) is 8.31. The van der Waals surface area contributed by atoms with E-state index in [1.807, 2.05) is 0 Å². The molecule has 0 aromatic heterocycles. The maximum atomic E-state index is 5.52. The van der Waals surface area contributed by atoms with Crippen LogP contribution >= 0.6 is 0 Å². The average Bonchev–Trinajstić information content (AvgIpc) is 2.18. The zero-order chi connectivity index (χ0) is 10.4. The van der Waals surface area contributed by atoms with E-state index < -0.39 is 0 Å². The largest absolute Gasteiger partial charge is 0.385 e. The molecule has 0 aliphatic rings. The molecule has 78 valence electrons. The van der Waals surface area contributed by atoms with Crippen LogP contribution in [-0.4, -0.2) is 6.54 Å². The van der Waals surface area contributed by atoms with Crippen molar-refractivity contribution in [1.82, 2.24) is 0 Å². The van der Waals surface area contributed by atoms with Crippen LogP contribution in [0.1, 0.15) is 25.8 Å². The number of nitrogens with one attached hydrogen (secondary N) is 1. The molecule has 0 bridgehead atoms. The Labute approximate surface area is 86.5 Å². The summed E-state index contributed by atoms with van der Waals surface area (Å²) in [5.74, 6) is 0.755. The number of hydrogen-bond donors (Lipinski definition) is 2. The fourth-order valence-corrected chi connectivity index (χ4v) is 1.26. The molecule has 0 atom stereocenters. The summed E-state index contributed by atoms with van der Waals surface area (Å²) in [6.07, 6.45) is 1.21. The summed E-state index contributed by atoms with van der Waals surface area (Å²) >= 11 is 0. The Hall–Kier alpha value is -1.02. The van der Waals surface area contributed by atoms with Crippen LogP contribution in [0.2, 0.25) is 0 Å². The Morgan fingerprint density at radius 3 is 2.36 bits per heavy atom. The van der Waals surface area contributed by atoms with Gasteiger partial charge in [-0.2, -0.15) is 0 Å². The molecule has 0 aliphatic carbocycles. The van der Waals surface area contributed by atoms with Gasteiger partial charge in [-0.15, -0.1) is 0 Å². The summed E-state index contributed by atoms with van der Waals surface area (Å²) in [5.41, 5.74) is 7.88. The number of nitrogens with two attached hydrogens (primary N) is 1. The van der Waals surface area contributed by atoms with Crippen LogP contribution in [0.4, 0.5) is 5.69 Å². The number of hydrogen-bond acceptors (Lipinski definition) is 2. The third kappa shape index (κ3) is 3.79. The minimum atomic E-state index is 0.617. The molecular weight excluding hydrogens is 172 g/mol. The van der Waals surface area contributed by atoms with E-state index in [0.717, 1.165) is 12.5 Å². The van der Waals surface area contributed by atoms with E-state index in [-0.39, 0.29) is 0 Å². The second-order valence-corrected chi connectivity index (χ2v) is 4.01. The molecule has 0 amide bonds. The maximum Gasteiger partial charge on any atom is 0.0340 e. The van der Waals surface area contributed by atoms with Gasteiger partial charge in [-0.25, -0.2) is 0 Å². The summed E-state index contributed by atoms with van der Waals surface area (Å²) in [5, 5.41) is 3.39. The fourth-order valence-electron chi connectivity index (χ4n) is 1.26. The summed E-state index contributed by atoms with van der Waals surface area (Å²) in [7, 11) is 0. The molecular formula is C12H20N2. The highest BCUT2D eigenvalue weighted by atomic mass is 14.9. The van der Waals surface area contributed by atoms with E-state index in [1.165, 1.54) is 17.7 Å². The molecule has 1 aromatic carbocycles. The second kappa shape index (κ2) is 5.66. The minimum Gasteiger partial charge on any atom is -0.385 e. The molecule has 1 rings (SSSR count). The van der Waals surface area contributed by atoms with E-state index in [4.69, 9.17) is 5.73 Å². The molecule has 1 aromatic rings. The van der Waals surface area contributed by atoms with Gasteiger partial charge in [-0.3, -0.25) is 0 Å². The van der Waals surface area contributed by atoms with Crippen LogP contribution in [0.15, 0.2) is 24.3 Å². The van der Waals surface area contributed by atoms with E-state index >= 15 is 0 Å². The van der Waals surface area contributed by atoms with Gasteiger partial charge in [0.25, 0.3) is 0 Å². The van der Waals surface area contributed by atoms with Crippen molar-refractivity contribution in [3.05, 3.63) is 29.8 Å². The van der Waals surface area contributed by atoms with Gasteiger partial charge in [0.05, 0.1) is 0 Å². The molecule has 2 nitrogen and oxygen atoms in total. The SMILES string of the molecule is CC(C)CCNc1ccc(CN)cc1. The van der Waals surface area contributed by atoms with Crippen molar-refractivity contribution in [2.24, 2.45) is 11.7 Å². The van der Waals surface area contributed by atoms with E-state index in [9.17, 15) is 0 Å². The van der Waals surface area contributed by atoms with Gasteiger partial charge < -0.3 is 11.1 Å². The molecule has 3 N–H and O–H groups in total. The summed E-state index contributed by atoms with van der Waals surface area (Å²) in [4.78, 5) is 0. The summed E-state index contributed by atoms with van der Waals surface area (Å²) < 4.78 is 0. The Bertz CT molecular complexity index is 252. The number of benzene rings is 1. The molecule has 2 heteroatoms. The summed E-state index contributed by atoms with van der Waals surface area (Å²) in [6.45, 7) is 6.13. The molecule has 0 unspecified atom stereocenters. The number of anilines is 1. The van der Waals surface area contributed by atoms with Gasteiger partial charge >= 0.3 is 0 Å². The first-order chi connectivity index (χ1) is 6.72. The maximum absolute atomic E-state index is 5.52. The van der Waals surface area contributed by atoms with E-state index in [2.05, 4.69) is 43.4 Å². The first-order valence-corrected chi connectivity index (χ1v) is 5.25. The quantitative estimate of drug-likeness (QED) is 0.752. The van der Waals surface area contributed by atoms with Crippen LogP contribution < -0.4 is 11.1 Å². The molecule has 0 spiro atoms. The van der Waals surface area contributed by atoms with Crippen molar-refractivity contribution >= 4 is 5.69 Å². The highest BCUT2D eigenvalue weighted by Gasteiger charge is 1.94. The monoisotopic (exact) mass is 192 g/mol. The van der Waals surface area contributed by atoms with E-state index in [0.29, 0.717) is 6.54 Å². The predicted octanol–water partition coefficient (Wildman–Crippen LogP) is 2.60. The van der Waals surface area contributed by atoms with Gasteiger partial charge in [-0.1, -0.05) is 26.0 Å². The normalized spacial score (nSPS) is 10.6. The Balaban J connectivity index is 2.36. The highest BCUT2D eigenvalue weighted by molar-refractivity contribution is 5.44. The van der Waals surface area contributed by atoms with Crippen molar-refractivity contribution in [3.63, 3.8) is 0 Å². The van der Waals surface area contributed by atoms with Crippen molar-refractivity contribution in [2.75, 3.05) is 11.9 Å². The third-order valence-electron chi connectivity index (χ3n) is 2.24. The smallest absolute Gasteiger partial charge is 0.0340 e. The molecule has 0 heterocycles. The minimum absolute atomic E-state index is 0.617. The second-order valence-electron chi connectivity index (χ2n) is 4.01.